The normalized spacial score (nSPS) is 23.0. The number of aliphatic hydroxyl groups excluding tert-OH is 1. The topological polar surface area (TPSA) is 56.1 Å². The second kappa shape index (κ2) is 7.30. The Morgan fingerprint density at radius 2 is 1.73 bits per heavy atom. The van der Waals surface area contributed by atoms with Crippen LogP contribution in [0.15, 0.2) is 65.8 Å². The molecule has 1 fully saturated rings. The van der Waals surface area contributed by atoms with Crippen LogP contribution in [-0.2, 0) is 4.79 Å². The Labute approximate surface area is 153 Å². The number of likely N-dealkylation sites (tertiary alicyclic amines) is 1. The SMILES string of the molecule is O=C(C1=NN(c2ccccc2)C(c2ccccc2)C1)N1CCCC(O)C1. The summed E-state index contributed by atoms with van der Waals surface area (Å²) in [6.45, 7) is 1.09. The minimum Gasteiger partial charge on any atom is -0.391 e. The molecule has 2 unspecified atom stereocenters. The van der Waals surface area contributed by atoms with Gasteiger partial charge in [-0.3, -0.25) is 9.80 Å². The number of β-amino-alcohol motifs (C(OH)–C–C–N with tert-alkyl or cyclic N) is 1. The highest BCUT2D eigenvalue weighted by Crippen LogP contribution is 2.35. The van der Waals surface area contributed by atoms with Crippen LogP contribution in [0.25, 0.3) is 0 Å². The largest absolute Gasteiger partial charge is 0.391 e. The lowest BCUT2D eigenvalue weighted by molar-refractivity contribution is -0.127. The van der Waals surface area contributed by atoms with Crippen molar-refractivity contribution in [3.05, 3.63) is 66.2 Å². The molecule has 0 aromatic heterocycles. The number of hydrogen-bond donors (Lipinski definition) is 1. The predicted molar refractivity (Wildman–Crippen MR) is 102 cm³/mol. The van der Waals surface area contributed by atoms with E-state index >= 15 is 0 Å². The second-order valence-electron chi connectivity index (χ2n) is 6.90. The van der Waals surface area contributed by atoms with E-state index in [0.29, 0.717) is 25.2 Å². The van der Waals surface area contributed by atoms with Crippen molar-refractivity contribution in [2.45, 2.75) is 31.4 Å². The minimum absolute atomic E-state index is 0.00673. The third-order valence-electron chi connectivity index (χ3n) is 5.05. The predicted octanol–water partition coefficient (Wildman–Crippen LogP) is 2.98. The first-order valence-corrected chi connectivity index (χ1v) is 9.16. The zero-order valence-corrected chi connectivity index (χ0v) is 14.7. The number of nitrogens with zero attached hydrogens (tertiary/aromatic N) is 3. The molecule has 2 aliphatic heterocycles. The maximum atomic E-state index is 13.0. The Balaban J connectivity index is 1.63. The van der Waals surface area contributed by atoms with Crippen LogP contribution >= 0.6 is 0 Å². The lowest BCUT2D eigenvalue weighted by atomic mass is 10.00. The van der Waals surface area contributed by atoms with Crippen LogP contribution in [0.1, 0.15) is 30.9 Å². The van der Waals surface area contributed by atoms with Gasteiger partial charge in [-0.15, -0.1) is 0 Å². The van der Waals surface area contributed by atoms with Crippen molar-refractivity contribution >= 4 is 17.3 Å². The number of carbonyl (C=O) groups is 1. The smallest absolute Gasteiger partial charge is 0.270 e. The number of hydrogen-bond acceptors (Lipinski definition) is 4. The second-order valence-corrected chi connectivity index (χ2v) is 6.90. The van der Waals surface area contributed by atoms with E-state index in [1.807, 2.05) is 53.5 Å². The molecule has 0 bridgehead atoms. The van der Waals surface area contributed by atoms with Gasteiger partial charge in [-0.25, -0.2) is 0 Å². The highest BCUT2D eigenvalue weighted by Gasteiger charge is 2.35. The monoisotopic (exact) mass is 349 g/mol. The van der Waals surface area contributed by atoms with Gasteiger partial charge in [0.05, 0.1) is 17.8 Å². The molecule has 26 heavy (non-hydrogen) atoms. The summed E-state index contributed by atoms with van der Waals surface area (Å²) >= 11 is 0. The van der Waals surface area contributed by atoms with Gasteiger partial charge in [0.15, 0.2) is 0 Å². The fourth-order valence-corrected chi connectivity index (χ4v) is 3.71. The number of anilines is 1. The standard InChI is InChI=1S/C21H23N3O2/c25-18-12-7-13-23(15-18)21(26)19-14-20(16-8-3-1-4-9-16)24(22-19)17-10-5-2-6-11-17/h1-6,8-11,18,20,25H,7,12-15H2. The van der Waals surface area contributed by atoms with Crippen molar-refractivity contribution in [2.75, 3.05) is 18.1 Å². The molecule has 1 amide bonds. The first-order valence-electron chi connectivity index (χ1n) is 9.16. The molecular formula is C21H23N3O2. The van der Waals surface area contributed by atoms with Crippen molar-refractivity contribution in [1.29, 1.82) is 0 Å². The molecule has 5 heteroatoms. The molecule has 5 nitrogen and oxygen atoms in total. The van der Waals surface area contributed by atoms with Crippen LogP contribution in [0.3, 0.4) is 0 Å². The Kier molecular flexibility index (Phi) is 4.71. The zero-order chi connectivity index (χ0) is 17.9. The van der Waals surface area contributed by atoms with Crippen LogP contribution in [0.4, 0.5) is 5.69 Å². The minimum atomic E-state index is -0.426. The number of piperidine rings is 1. The van der Waals surface area contributed by atoms with Gasteiger partial charge in [0.2, 0.25) is 0 Å². The van der Waals surface area contributed by atoms with Crippen molar-refractivity contribution in [1.82, 2.24) is 4.90 Å². The van der Waals surface area contributed by atoms with Gasteiger partial charge in [-0.2, -0.15) is 5.10 Å². The van der Waals surface area contributed by atoms with E-state index in [1.165, 1.54) is 0 Å². The van der Waals surface area contributed by atoms with E-state index in [1.54, 1.807) is 4.90 Å². The number of rotatable bonds is 3. The first kappa shape index (κ1) is 16.8. The van der Waals surface area contributed by atoms with Gasteiger partial charge < -0.3 is 10.0 Å². The summed E-state index contributed by atoms with van der Waals surface area (Å²) in [6.07, 6.45) is 1.75. The summed E-state index contributed by atoms with van der Waals surface area (Å²) in [7, 11) is 0. The van der Waals surface area contributed by atoms with Gasteiger partial charge in [-0.05, 0) is 30.5 Å². The summed E-state index contributed by atoms with van der Waals surface area (Å²) in [5.74, 6) is -0.0527. The highest BCUT2D eigenvalue weighted by molar-refractivity contribution is 6.39. The molecule has 2 aromatic carbocycles. The lowest BCUT2D eigenvalue weighted by Crippen LogP contribution is -2.44. The molecule has 1 N–H and O–H groups in total. The third kappa shape index (κ3) is 3.35. The molecule has 4 rings (SSSR count). The van der Waals surface area contributed by atoms with Crippen molar-refractivity contribution in [3.63, 3.8) is 0 Å². The van der Waals surface area contributed by atoms with Crippen LogP contribution < -0.4 is 5.01 Å². The van der Waals surface area contributed by atoms with E-state index in [9.17, 15) is 9.90 Å². The summed E-state index contributed by atoms with van der Waals surface area (Å²) in [6, 6.07) is 20.1. The van der Waals surface area contributed by atoms with Crippen LogP contribution in [0, 0.1) is 0 Å². The summed E-state index contributed by atoms with van der Waals surface area (Å²) in [4.78, 5) is 14.7. The number of benzene rings is 2. The van der Waals surface area contributed by atoms with E-state index in [4.69, 9.17) is 5.10 Å². The Morgan fingerprint density at radius 3 is 2.42 bits per heavy atom. The summed E-state index contributed by atoms with van der Waals surface area (Å²) in [5, 5.41) is 16.5. The fourth-order valence-electron chi connectivity index (χ4n) is 3.71. The highest BCUT2D eigenvalue weighted by atomic mass is 16.3. The first-order chi connectivity index (χ1) is 12.7. The van der Waals surface area contributed by atoms with Gasteiger partial charge in [0, 0.05) is 19.5 Å². The summed E-state index contributed by atoms with van der Waals surface area (Å²) in [5.41, 5.74) is 2.68. The molecule has 1 saturated heterocycles. The molecule has 0 saturated carbocycles. The summed E-state index contributed by atoms with van der Waals surface area (Å²) < 4.78 is 0. The number of carbonyl (C=O) groups excluding carboxylic acids is 1. The number of hydrazone groups is 1. The lowest BCUT2D eigenvalue weighted by Gasteiger charge is -2.29. The van der Waals surface area contributed by atoms with Gasteiger partial charge >= 0.3 is 0 Å². The van der Waals surface area contributed by atoms with Gasteiger partial charge in [-0.1, -0.05) is 48.5 Å². The van der Waals surface area contributed by atoms with Crippen LogP contribution in [0.2, 0.25) is 0 Å². The molecule has 2 aromatic rings. The Morgan fingerprint density at radius 1 is 1.04 bits per heavy atom. The van der Waals surface area contributed by atoms with Gasteiger partial charge in [0.25, 0.3) is 5.91 Å². The van der Waals surface area contributed by atoms with Crippen LogP contribution in [-0.4, -0.2) is 40.8 Å². The van der Waals surface area contributed by atoms with Crippen molar-refractivity contribution < 1.29 is 9.90 Å². The molecule has 0 aliphatic carbocycles. The number of aliphatic hydroxyl groups is 1. The molecule has 2 atom stereocenters. The molecule has 0 radical (unpaired) electrons. The Hall–Kier alpha value is -2.66. The quantitative estimate of drug-likeness (QED) is 0.927. The van der Waals surface area contributed by atoms with Gasteiger partial charge in [0.1, 0.15) is 5.71 Å². The van der Waals surface area contributed by atoms with E-state index in [2.05, 4.69) is 12.1 Å². The molecule has 0 spiro atoms. The van der Waals surface area contributed by atoms with E-state index in [-0.39, 0.29) is 11.9 Å². The zero-order valence-electron chi connectivity index (χ0n) is 14.7. The maximum Gasteiger partial charge on any atom is 0.270 e. The number of amides is 1. The Bertz CT molecular complexity index is 791. The molecular weight excluding hydrogens is 326 g/mol. The number of para-hydroxylation sites is 1. The fraction of sp³-hybridized carbons (Fsp3) is 0.333. The maximum absolute atomic E-state index is 13.0. The van der Waals surface area contributed by atoms with E-state index in [0.717, 1.165) is 24.1 Å². The van der Waals surface area contributed by atoms with Crippen molar-refractivity contribution in [2.24, 2.45) is 5.10 Å². The molecule has 2 aliphatic rings. The van der Waals surface area contributed by atoms with Crippen molar-refractivity contribution in [3.8, 4) is 0 Å². The average molecular weight is 349 g/mol. The van der Waals surface area contributed by atoms with Crippen LogP contribution in [0.5, 0.6) is 0 Å². The average Bonchev–Trinajstić information content (AvgIpc) is 3.14. The third-order valence-corrected chi connectivity index (χ3v) is 5.05. The van der Waals surface area contributed by atoms with E-state index < -0.39 is 6.10 Å². The molecule has 2 heterocycles. The molecule has 134 valence electrons.